The highest BCUT2D eigenvalue weighted by Gasteiger charge is 2.49. The van der Waals surface area contributed by atoms with Crippen LogP contribution in [0.5, 0.6) is 5.75 Å². The molecule has 1 aliphatic carbocycles. The predicted octanol–water partition coefficient (Wildman–Crippen LogP) is 5.47. The Hall–Kier alpha value is -2.78. The first-order valence-corrected chi connectivity index (χ1v) is 11.8. The Morgan fingerprint density at radius 1 is 1.14 bits per heavy atom. The lowest BCUT2D eigenvalue weighted by molar-refractivity contribution is -0.138. The van der Waals surface area contributed by atoms with E-state index in [0.717, 1.165) is 30.5 Å². The molecule has 1 saturated heterocycles. The van der Waals surface area contributed by atoms with Crippen molar-refractivity contribution in [1.29, 1.82) is 0 Å². The van der Waals surface area contributed by atoms with Gasteiger partial charge in [0, 0.05) is 13.1 Å². The van der Waals surface area contributed by atoms with Crippen LogP contribution in [0.1, 0.15) is 66.6 Å². The average molecular weight is 527 g/mol. The van der Waals surface area contributed by atoms with Crippen LogP contribution >= 0.6 is 12.4 Å². The molecule has 1 heterocycles. The molecule has 4 rings (SSSR count). The predicted molar refractivity (Wildman–Crippen MR) is 130 cm³/mol. The third kappa shape index (κ3) is 5.95. The maximum atomic E-state index is 13.5. The van der Waals surface area contributed by atoms with Crippen LogP contribution in [0.2, 0.25) is 0 Å². The standard InChI is InChI=1S/C26H29F3N2O4.ClH/c1-17(18-7-9-19(10-8-18)23(32)33)30-24(34)25(12-2-3-13-25)31-14-11-22(16-31)35-21-6-4-5-20(15-21)26(27,28)29;/h4-10,15,17,22H,2-3,11-14,16H2,1H3,(H,30,34)(H,32,33);1H/t17-,22+;/m0./s1. The molecule has 2 fully saturated rings. The minimum absolute atomic E-state index is 0. The number of rotatable bonds is 7. The molecule has 0 unspecified atom stereocenters. The summed E-state index contributed by atoms with van der Waals surface area (Å²) >= 11 is 0. The smallest absolute Gasteiger partial charge is 0.416 e. The molecular formula is C26H30ClF3N2O4. The number of nitrogens with one attached hydrogen (secondary N) is 1. The van der Waals surface area contributed by atoms with Crippen LogP contribution in [-0.2, 0) is 11.0 Å². The van der Waals surface area contributed by atoms with Gasteiger partial charge in [0.15, 0.2) is 0 Å². The summed E-state index contributed by atoms with van der Waals surface area (Å²) in [7, 11) is 0. The number of hydrogen-bond donors (Lipinski definition) is 2. The second-order valence-corrected chi connectivity index (χ2v) is 9.36. The van der Waals surface area contributed by atoms with E-state index in [1.807, 2.05) is 6.92 Å². The van der Waals surface area contributed by atoms with Crippen molar-refractivity contribution in [3.63, 3.8) is 0 Å². The van der Waals surface area contributed by atoms with Crippen molar-refractivity contribution in [3.05, 3.63) is 65.2 Å². The summed E-state index contributed by atoms with van der Waals surface area (Å²) in [6, 6.07) is 11.0. The molecule has 2 atom stereocenters. The summed E-state index contributed by atoms with van der Waals surface area (Å²) in [6.45, 7) is 2.95. The number of aromatic carboxylic acids is 1. The number of carboxylic acids is 1. The minimum atomic E-state index is -4.43. The van der Waals surface area contributed by atoms with Gasteiger partial charge in [0.05, 0.1) is 17.2 Å². The first kappa shape index (κ1) is 27.8. The summed E-state index contributed by atoms with van der Waals surface area (Å²) in [5, 5.41) is 12.2. The minimum Gasteiger partial charge on any atom is -0.489 e. The molecule has 196 valence electrons. The van der Waals surface area contributed by atoms with Gasteiger partial charge >= 0.3 is 12.1 Å². The van der Waals surface area contributed by atoms with E-state index in [-0.39, 0.29) is 41.8 Å². The molecule has 2 aliphatic rings. The molecule has 2 aromatic rings. The molecule has 0 aromatic heterocycles. The number of ether oxygens (including phenoxy) is 1. The Bertz CT molecular complexity index is 1070. The van der Waals surface area contributed by atoms with Gasteiger partial charge in [0.2, 0.25) is 5.91 Å². The van der Waals surface area contributed by atoms with Gasteiger partial charge in [-0.1, -0.05) is 31.0 Å². The topological polar surface area (TPSA) is 78.9 Å². The summed E-state index contributed by atoms with van der Waals surface area (Å²) in [5.74, 6) is -0.909. The van der Waals surface area contributed by atoms with E-state index in [9.17, 15) is 22.8 Å². The highest BCUT2D eigenvalue weighted by molar-refractivity contribution is 5.88. The van der Waals surface area contributed by atoms with Crippen LogP contribution in [0, 0.1) is 0 Å². The lowest BCUT2D eigenvalue weighted by Crippen LogP contribution is -2.57. The molecule has 1 amide bonds. The highest BCUT2D eigenvalue weighted by Crippen LogP contribution is 2.39. The van der Waals surface area contributed by atoms with Gasteiger partial charge < -0.3 is 15.2 Å². The summed E-state index contributed by atoms with van der Waals surface area (Å²) < 4.78 is 45.0. The van der Waals surface area contributed by atoms with E-state index in [1.165, 1.54) is 24.3 Å². The number of amides is 1. The van der Waals surface area contributed by atoms with Crippen LogP contribution in [0.3, 0.4) is 0 Å². The van der Waals surface area contributed by atoms with Crippen molar-refractivity contribution in [2.24, 2.45) is 0 Å². The van der Waals surface area contributed by atoms with Crippen LogP contribution < -0.4 is 10.1 Å². The monoisotopic (exact) mass is 526 g/mol. The zero-order valence-electron chi connectivity index (χ0n) is 19.9. The number of carboxylic acid groups (broad SMARTS) is 1. The van der Waals surface area contributed by atoms with E-state index in [1.54, 1.807) is 12.1 Å². The van der Waals surface area contributed by atoms with E-state index in [4.69, 9.17) is 9.84 Å². The first-order chi connectivity index (χ1) is 16.6. The van der Waals surface area contributed by atoms with E-state index < -0.39 is 23.2 Å². The maximum absolute atomic E-state index is 13.5. The largest absolute Gasteiger partial charge is 0.489 e. The van der Waals surface area contributed by atoms with Crippen molar-refractivity contribution in [2.75, 3.05) is 13.1 Å². The Kier molecular flexibility index (Phi) is 8.56. The highest BCUT2D eigenvalue weighted by atomic mass is 35.5. The molecule has 1 aliphatic heterocycles. The van der Waals surface area contributed by atoms with Crippen molar-refractivity contribution < 1.29 is 32.6 Å². The zero-order valence-corrected chi connectivity index (χ0v) is 20.7. The number of likely N-dealkylation sites (tertiary alicyclic amines) is 1. The molecular weight excluding hydrogens is 497 g/mol. The molecule has 6 nitrogen and oxygen atoms in total. The third-order valence-corrected chi connectivity index (χ3v) is 7.07. The van der Waals surface area contributed by atoms with Crippen molar-refractivity contribution in [1.82, 2.24) is 10.2 Å². The zero-order chi connectivity index (χ0) is 25.2. The van der Waals surface area contributed by atoms with Gasteiger partial charge in [-0.05, 0) is 62.1 Å². The van der Waals surface area contributed by atoms with Gasteiger partial charge in [-0.3, -0.25) is 9.69 Å². The second-order valence-electron chi connectivity index (χ2n) is 9.36. The normalized spacial score (nSPS) is 20.4. The fraction of sp³-hybridized carbons (Fsp3) is 0.462. The number of hydrogen-bond acceptors (Lipinski definition) is 4. The second kappa shape index (κ2) is 11.1. The molecule has 2 aromatic carbocycles. The fourth-order valence-corrected chi connectivity index (χ4v) is 5.13. The van der Waals surface area contributed by atoms with E-state index in [2.05, 4.69) is 10.2 Å². The van der Waals surface area contributed by atoms with Crippen molar-refractivity contribution in [3.8, 4) is 5.75 Å². The number of alkyl halides is 3. The average Bonchev–Trinajstić information content (AvgIpc) is 3.49. The van der Waals surface area contributed by atoms with Crippen LogP contribution in [0.4, 0.5) is 13.2 Å². The molecule has 10 heteroatoms. The van der Waals surface area contributed by atoms with Crippen LogP contribution in [0.15, 0.2) is 48.5 Å². The molecule has 2 N–H and O–H groups in total. The van der Waals surface area contributed by atoms with Gasteiger partial charge in [-0.15, -0.1) is 12.4 Å². The number of carbonyl (C=O) groups is 2. The van der Waals surface area contributed by atoms with Gasteiger partial charge in [-0.2, -0.15) is 13.2 Å². The number of carbonyl (C=O) groups excluding carboxylic acids is 1. The van der Waals surface area contributed by atoms with Crippen molar-refractivity contribution in [2.45, 2.75) is 62.9 Å². The summed E-state index contributed by atoms with van der Waals surface area (Å²) in [5.41, 5.74) is -0.435. The summed E-state index contributed by atoms with van der Waals surface area (Å²) in [6.07, 6.45) is -0.852. The Morgan fingerprint density at radius 2 is 1.81 bits per heavy atom. The van der Waals surface area contributed by atoms with Gasteiger partial charge in [0.1, 0.15) is 17.4 Å². The number of benzene rings is 2. The Labute approximate surface area is 214 Å². The SMILES string of the molecule is C[C@H](NC(=O)C1(N2CC[C@@H](Oc3cccc(C(F)(F)F)c3)C2)CCCC1)c1ccc(C(=O)O)cc1.Cl. The number of halogens is 4. The maximum Gasteiger partial charge on any atom is 0.416 e. The fourth-order valence-electron chi connectivity index (χ4n) is 5.13. The van der Waals surface area contributed by atoms with Crippen LogP contribution in [0.25, 0.3) is 0 Å². The molecule has 0 spiro atoms. The van der Waals surface area contributed by atoms with Gasteiger partial charge in [-0.25, -0.2) is 4.79 Å². The Morgan fingerprint density at radius 3 is 2.42 bits per heavy atom. The molecule has 1 saturated carbocycles. The number of nitrogens with zero attached hydrogens (tertiary/aromatic N) is 1. The third-order valence-electron chi connectivity index (χ3n) is 7.07. The van der Waals surface area contributed by atoms with Crippen molar-refractivity contribution >= 4 is 24.3 Å². The lowest BCUT2D eigenvalue weighted by Gasteiger charge is -2.38. The first-order valence-electron chi connectivity index (χ1n) is 11.8. The quantitative estimate of drug-likeness (QED) is 0.500. The molecule has 0 radical (unpaired) electrons. The molecule has 0 bridgehead atoms. The van der Waals surface area contributed by atoms with Crippen LogP contribution in [-0.4, -0.2) is 46.6 Å². The lowest BCUT2D eigenvalue weighted by atomic mass is 9.93. The molecule has 36 heavy (non-hydrogen) atoms. The summed E-state index contributed by atoms with van der Waals surface area (Å²) in [4.78, 5) is 26.7. The van der Waals surface area contributed by atoms with E-state index in [0.29, 0.717) is 32.4 Å². The van der Waals surface area contributed by atoms with Gasteiger partial charge in [0.25, 0.3) is 0 Å². The van der Waals surface area contributed by atoms with E-state index >= 15 is 0 Å². The Balaban J connectivity index is 0.00000361.